The number of hydrogen-bond acceptors (Lipinski definition) is 7. The van der Waals surface area contributed by atoms with E-state index >= 15 is 0 Å². The minimum absolute atomic E-state index is 0.0926. The summed E-state index contributed by atoms with van der Waals surface area (Å²) in [7, 11) is 6.46. The molecule has 3 aromatic rings. The summed E-state index contributed by atoms with van der Waals surface area (Å²) in [5, 5.41) is 0. The maximum Gasteiger partial charge on any atom is 0.339 e. The Morgan fingerprint density at radius 3 is 2.39 bits per heavy atom. The molecule has 0 radical (unpaired) electrons. The van der Waals surface area contributed by atoms with Crippen molar-refractivity contribution in [3.05, 3.63) is 57.3 Å². The molecule has 36 heavy (non-hydrogen) atoms. The highest BCUT2D eigenvalue weighted by molar-refractivity contribution is 5.88. The van der Waals surface area contributed by atoms with E-state index in [1.54, 1.807) is 45.7 Å². The molecule has 1 aliphatic rings. The lowest BCUT2D eigenvalue weighted by Gasteiger charge is -2.20. The fourth-order valence-electron chi connectivity index (χ4n) is 3.63. The van der Waals surface area contributed by atoms with Crippen molar-refractivity contribution in [1.82, 2.24) is 29.0 Å². The number of aromatic amines is 1. The van der Waals surface area contributed by atoms with Gasteiger partial charge in [-0.05, 0) is 24.5 Å². The number of aryl methyl sites for hydroxylation is 1. The number of amides is 1. The topological polar surface area (TPSA) is 132 Å². The molecule has 3 aromatic heterocycles. The van der Waals surface area contributed by atoms with Crippen LogP contribution in [0.25, 0.3) is 11.2 Å². The maximum atomic E-state index is 11.6. The first-order valence-corrected chi connectivity index (χ1v) is 12.0. The molecule has 1 aliphatic carbocycles. The molecule has 0 atom stereocenters. The number of aromatic nitrogens is 5. The summed E-state index contributed by atoms with van der Waals surface area (Å²) in [5.41, 5.74) is 0.550. The summed E-state index contributed by atoms with van der Waals surface area (Å²) >= 11 is 0. The van der Waals surface area contributed by atoms with E-state index in [0.29, 0.717) is 23.3 Å². The minimum Gasteiger partial charge on any atom is -0.462 e. The Bertz CT molecular complexity index is 1240. The highest BCUT2D eigenvalue weighted by Crippen LogP contribution is 2.26. The third-order valence-corrected chi connectivity index (χ3v) is 6.04. The lowest BCUT2D eigenvalue weighted by molar-refractivity contribution is -0.126. The zero-order chi connectivity index (χ0) is 26.7. The molecule has 0 saturated heterocycles. The Hall–Kier alpha value is -3.76. The van der Waals surface area contributed by atoms with Crippen molar-refractivity contribution in [1.29, 1.82) is 0 Å². The van der Waals surface area contributed by atoms with Gasteiger partial charge < -0.3 is 14.6 Å². The number of fused-ring (bicyclic) bond motifs is 1. The molecule has 4 rings (SSSR count). The molecular formula is C25H36N6O5. The number of pyridine rings is 1. The summed E-state index contributed by atoms with van der Waals surface area (Å²) in [4.78, 5) is 56.5. The van der Waals surface area contributed by atoms with E-state index < -0.39 is 0 Å². The summed E-state index contributed by atoms with van der Waals surface area (Å²) in [6, 6.07) is 3.48. The molecule has 0 spiro atoms. The molecule has 0 aliphatic heterocycles. The third kappa shape index (κ3) is 8.17. The van der Waals surface area contributed by atoms with E-state index in [9.17, 15) is 19.2 Å². The predicted molar refractivity (Wildman–Crippen MR) is 137 cm³/mol. The molecule has 11 heteroatoms. The minimum atomic E-state index is -0.371. The van der Waals surface area contributed by atoms with Crippen LogP contribution in [0, 0.1) is 5.92 Å². The fraction of sp³-hybridized carbons (Fsp3) is 0.520. The molecule has 0 bridgehead atoms. The average Bonchev–Trinajstić information content (AvgIpc) is 3.38. The van der Waals surface area contributed by atoms with Gasteiger partial charge in [-0.25, -0.2) is 14.6 Å². The zero-order valence-electron chi connectivity index (χ0n) is 21.7. The summed E-state index contributed by atoms with van der Waals surface area (Å²) in [6.07, 6.45) is 12.2. The predicted octanol–water partition coefficient (Wildman–Crippen LogP) is 2.26. The molecule has 1 amide bonds. The van der Waals surface area contributed by atoms with Gasteiger partial charge in [0.25, 0.3) is 5.56 Å². The first-order valence-electron chi connectivity index (χ1n) is 12.0. The van der Waals surface area contributed by atoms with Gasteiger partial charge in [-0.2, -0.15) is 0 Å². The van der Waals surface area contributed by atoms with Gasteiger partial charge in [0, 0.05) is 47.5 Å². The van der Waals surface area contributed by atoms with E-state index in [1.165, 1.54) is 61.9 Å². The normalized spacial score (nSPS) is 13.1. The molecular weight excluding hydrogens is 464 g/mol. The van der Waals surface area contributed by atoms with Crippen LogP contribution in [0.15, 0.2) is 40.4 Å². The number of ether oxygens (including phenoxy) is 1. The molecule has 0 unspecified atom stereocenters. The Kier molecular flexibility index (Phi) is 11.0. The van der Waals surface area contributed by atoms with Crippen LogP contribution in [0.4, 0.5) is 0 Å². The standard InChI is InChI=1S/C14H19NO2.C7H8N4O2.C4H9NO/c16-14(13-7-4-9-15-11-13)17-10-8-12-5-2-1-3-6-12;1-10-5-4(8-3-9-5)6(12)11(2)7(10)13;1-4(6)5(2)3/h4,7,9,11-12H,1-3,5-6,8,10H2;3H,1-2H3,(H,8,9);1-3H3. The molecule has 1 saturated carbocycles. The van der Waals surface area contributed by atoms with E-state index in [4.69, 9.17) is 4.74 Å². The first-order chi connectivity index (χ1) is 17.1. The van der Waals surface area contributed by atoms with Gasteiger partial charge in [-0.1, -0.05) is 32.1 Å². The number of esters is 1. The highest BCUT2D eigenvalue weighted by atomic mass is 16.5. The third-order valence-electron chi connectivity index (χ3n) is 6.04. The van der Waals surface area contributed by atoms with Gasteiger partial charge in [-0.3, -0.25) is 23.7 Å². The largest absolute Gasteiger partial charge is 0.462 e. The Morgan fingerprint density at radius 1 is 1.14 bits per heavy atom. The van der Waals surface area contributed by atoms with Crippen LogP contribution in [0.2, 0.25) is 0 Å². The Labute approximate surface area is 210 Å². The summed E-state index contributed by atoms with van der Waals surface area (Å²) in [6.45, 7) is 2.07. The van der Waals surface area contributed by atoms with E-state index in [0.717, 1.165) is 16.9 Å². The smallest absolute Gasteiger partial charge is 0.339 e. The molecule has 1 fully saturated rings. The second-order valence-corrected chi connectivity index (χ2v) is 8.89. The maximum absolute atomic E-state index is 11.6. The van der Waals surface area contributed by atoms with Crippen molar-refractivity contribution in [3.63, 3.8) is 0 Å². The van der Waals surface area contributed by atoms with Gasteiger partial charge in [0.05, 0.1) is 18.5 Å². The van der Waals surface area contributed by atoms with Crippen molar-refractivity contribution < 1.29 is 14.3 Å². The van der Waals surface area contributed by atoms with Crippen LogP contribution in [0.3, 0.4) is 0 Å². The molecule has 0 aromatic carbocycles. The number of H-pyrrole nitrogens is 1. The van der Waals surface area contributed by atoms with Crippen molar-refractivity contribution in [2.75, 3.05) is 20.7 Å². The van der Waals surface area contributed by atoms with Crippen LogP contribution < -0.4 is 11.2 Å². The van der Waals surface area contributed by atoms with Crippen LogP contribution in [0.5, 0.6) is 0 Å². The number of carbonyl (C=O) groups excluding carboxylic acids is 2. The number of carbonyl (C=O) groups is 2. The quantitative estimate of drug-likeness (QED) is 0.544. The highest BCUT2D eigenvalue weighted by Gasteiger charge is 2.14. The summed E-state index contributed by atoms with van der Waals surface area (Å²) < 4.78 is 7.62. The second-order valence-electron chi connectivity index (χ2n) is 8.89. The second kappa shape index (κ2) is 14.0. The molecule has 3 heterocycles. The SMILES string of the molecule is CC(=O)N(C)C.Cn1c(=O)c2[nH]cnc2n(C)c1=O.O=C(OCCC1CCCCC1)c1cccnc1. The van der Waals surface area contributed by atoms with Crippen LogP contribution in [-0.4, -0.2) is 61.6 Å². The van der Waals surface area contributed by atoms with Gasteiger partial charge in [0.15, 0.2) is 5.65 Å². The monoisotopic (exact) mass is 500 g/mol. The number of hydrogen-bond donors (Lipinski definition) is 1. The van der Waals surface area contributed by atoms with E-state index in [1.807, 2.05) is 0 Å². The Morgan fingerprint density at radius 2 is 1.81 bits per heavy atom. The van der Waals surface area contributed by atoms with E-state index in [2.05, 4.69) is 15.0 Å². The summed E-state index contributed by atoms with van der Waals surface area (Å²) in [5.74, 6) is 0.592. The fourth-order valence-corrected chi connectivity index (χ4v) is 3.63. The van der Waals surface area contributed by atoms with Crippen molar-refractivity contribution in [2.45, 2.75) is 45.4 Å². The van der Waals surface area contributed by atoms with Crippen molar-refractivity contribution >= 4 is 23.0 Å². The number of nitrogens with one attached hydrogen (secondary N) is 1. The van der Waals surface area contributed by atoms with Gasteiger partial charge in [-0.15, -0.1) is 0 Å². The first kappa shape index (κ1) is 28.5. The molecule has 11 nitrogen and oxygen atoms in total. The molecule has 196 valence electrons. The Balaban J connectivity index is 0.000000212. The average molecular weight is 501 g/mol. The number of rotatable bonds is 4. The lowest BCUT2D eigenvalue weighted by atomic mass is 9.87. The van der Waals surface area contributed by atoms with Gasteiger partial charge in [0.2, 0.25) is 5.91 Å². The van der Waals surface area contributed by atoms with Crippen molar-refractivity contribution in [2.24, 2.45) is 20.0 Å². The number of imidazole rings is 1. The zero-order valence-corrected chi connectivity index (χ0v) is 21.7. The lowest BCUT2D eigenvalue weighted by Crippen LogP contribution is -2.36. The molecule has 1 N–H and O–H groups in total. The van der Waals surface area contributed by atoms with Gasteiger partial charge in [0.1, 0.15) is 5.52 Å². The van der Waals surface area contributed by atoms with Crippen LogP contribution in [0.1, 0.15) is 55.8 Å². The van der Waals surface area contributed by atoms with Crippen molar-refractivity contribution in [3.8, 4) is 0 Å². The van der Waals surface area contributed by atoms with Crippen LogP contribution >= 0.6 is 0 Å². The van der Waals surface area contributed by atoms with E-state index in [-0.39, 0.29) is 23.1 Å². The van der Waals surface area contributed by atoms with Crippen LogP contribution in [-0.2, 0) is 23.6 Å². The van der Waals surface area contributed by atoms with Gasteiger partial charge >= 0.3 is 11.7 Å². The number of nitrogens with zero attached hydrogens (tertiary/aromatic N) is 5.